The molecule has 0 amide bonds. The van der Waals surface area contributed by atoms with E-state index in [1.54, 1.807) is 12.1 Å². The zero-order chi connectivity index (χ0) is 15.6. The number of nitrogen functional groups attached to an aromatic ring is 1. The van der Waals surface area contributed by atoms with Gasteiger partial charge in [0.25, 0.3) is 0 Å². The lowest BCUT2D eigenvalue weighted by Gasteiger charge is -2.15. The van der Waals surface area contributed by atoms with Crippen molar-refractivity contribution < 1.29 is 8.42 Å². The van der Waals surface area contributed by atoms with Gasteiger partial charge in [0.1, 0.15) is 5.84 Å². The van der Waals surface area contributed by atoms with Crippen LogP contribution in [0.5, 0.6) is 0 Å². The van der Waals surface area contributed by atoms with Gasteiger partial charge in [-0.1, -0.05) is 26.0 Å². The second-order valence-electron chi connectivity index (χ2n) is 5.97. The van der Waals surface area contributed by atoms with E-state index in [4.69, 9.17) is 11.1 Å². The lowest BCUT2D eigenvalue weighted by molar-refractivity contribution is 0.343. The van der Waals surface area contributed by atoms with Crippen molar-refractivity contribution in [2.45, 2.75) is 18.7 Å². The van der Waals surface area contributed by atoms with Gasteiger partial charge < -0.3 is 10.6 Å². The highest BCUT2D eigenvalue weighted by atomic mass is 32.2. The highest BCUT2D eigenvalue weighted by Crippen LogP contribution is 2.22. The van der Waals surface area contributed by atoms with Crippen molar-refractivity contribution in [3.63, 3.8) is 0 Å². The lowest BCUT2D eigenvalue weighted by atomic mass is 10.0. The van der Waals surface area contributed by atoms with Gasteiger partial charge in [0.05, 0.1) is 10.6 Å². The van der Waals surface area contributed by atoms with Gasteiger partial charge in [0, 0.05) is 25.2 Å². The van der Waals surface area contributed by atoms with E-state index in [1.807, 2.05) is 0 Å². The SMILES string of the molecule is CC1CN(CCS(=O)(=O)c2ccc(C(=N)N)cc2)CC1C. The van der Waals surface area contributed by atoms with Crippen LogP contribution in [-0.4, -0.2) is 44.5 Å². The summed E-state index contributed by atoms with van der Waals surface area (Å²) in [6.45, 7) is 6.94. The first-order valence-electron chi connectivity index (χ1n) is 7.19. The molecule has 2 atom stereocenters. The molecule has 0 spiro atoms. The molecule has 1 aromatic carbocycles. The maximum atomic E-state index is 12.3. The van der Waals surface area contributed by atoms with Crippen molar-refractivity contribution in [3.05, 3.63) is 29.8 Å². The first kappa shape index (κ1) is 16.0. The third-order valence-electron chi connectivity index (χ3n) is 4.26. The first-order valence-corrected chi connectivity index (χ1v) is 8.84. The molecule has 0 radical (unpaired) electrons. The van der Waals surface area contributed by atoms with Crippen LogP contribution in [0, 0.1) is 17.2 Å². The molecule has 0 bridgehead atoms. The van der Waals surface area contributed by atoms with Crippen LogP contribution in [-0.2, 0) is 9.84 Å². The summed E-state index contributed by atoms with van der Waals surface area (Å²) in [6.07, 6.45) is 0. The maximum absolute atomic E-state index is 12.3. The van der Waals surface area contributed by atoms with Crippen molar-refractivity contribution >= 4 is 15.7 Å². The summed E-state index contributed by atoms with van der Waals surface area (Å²) >= 11 is 0. The van der Waals surface area contributed by atoms with E-state index in [1.165, 1.54) is 12.1 Å². The Balaban J connectivity index is 2.00. The molecule has 21 heavy (non-hydrogen) atoms. The number of rotatable bonds is 5. The van der Waals surface area contributed by atoms with E-state index in [0.29, 0.717) is 28.8 Å². The molecule has 2 unspecified atom stereocenters. The summed E-state index contributed by atoms with van der Waals surface area (Å²) in [6, 6.07) is 6.22. The Bertz CT molecular complexity index is 600. The minimum absolute atomic E-state index is 0.0565. The van der Waals surface area contributed by atoms with E-state index in [2.05, 4.69) is 18.7 Å². The van der Waals surface area contributed by atoms with Gasteiger partial charge in [0.2, 0.25) is 0 Å². The number of nitrogens with one attached hydrogen (secondary N) is 1. The highest BCUT2D eigenvalue weighted by molar-refractivity contribution is 7.91. The summed E-state index contributed by atoms with van der Waals surface area (Å²) in [5, 5.41) is 7.32. The smallest absolute Gasteiger partial charge is 0.179 e. The average Bonchev–Trinajstić information content (AvgIpc) is 2.76. The fourth-order valence-electron chi connectivity index (χ4n) is 2.64. The van der Waals surface area contributed by atoms with Gasteiger partial charge in [-0.25, -0.2) is 8.42 Å². The van der Waals surface area contributed by atoms with Crippen LogP contribution >= 0.6 is 0 Å². The Labute approximate surface area is 126 Å². The molecule has 5 nitrogen and oxygen atoms in total. The molecular weight excluding hydrogens is 286 g/mol. The molecule has 3 N–H and O–H groups in total. The Morgan fingerprint density at radius 3 is 2.24 bits per heavy atom. The number of benzene rings is 1. The monoisotopic (exact) mass is 309 g/mol. The predicted molar refractivity (Wildman–Crippen MR) is 84.3 cm³/mol. The van der Waals surface area contributed by atoms with Crippen molar-refractivity contribution in [1.82, 2.24) is 4.90 Å². The standard InChI is InChI=1S/C15H23N3O2S/c1-11-9-18(10-12(11)2)7-8-21(19,20)14-5-3-13(4-6-14)15(16)17/h3-6,11-12H,7-10H2,1-2H3,(H3,16,17). The summed E-state index contributed by atoms with van der Waals surface area (Å²) in [4.78, 5) is 2.52. The Morgan fingerprint density at radius 1 is 1.24 bits per heavy atom. The van der Waals surface area contributed by atoms with E-state index in [9.17, 15) is 8.42 Å². The molecule has 116 valence electrons. The molecule has 1 saturated heterocycles. The van der Waals surface area contributed by atoms with Gasteiger partial charge in [-0.15, -0.1) is 0 Å². The van der Waals surface area contributed by atoms with Crippen LogP contribution in [0.1, 0.15) is 19.4 Å². The number of nitrogens with two attached hydrogens (primary N) is 1. The number of hydrogen-bond acceptors (Lipinski definition) is 4. The van der Waals surface area contributed by atoms with Crippen molar-refractivity contribution in [2.75, 3.05) is 25.4 Å². The van der Waals surface area contributed by atoms with Gasteiger partial charge in [-0.05, 0) is 24.0 Å². The van der Waals surface area contributed by atoms with E-state index < -0.39 is 9.84 Å². The Kier molecular flexibility index (Phi) is 4.68. The van der Waals surface area contributed by atoms with Crippen LogP contribution in [0.3, 0.4) is 0 Å². The number of likely N-dealkylation sites (tertiary alicyclic amines) is 1. The molecule has 1 heterocycles. The molecular formula is C15H23N3O2S. The molecule has 2 rings (SSSR count). The minimum Gasteiger partial charge on any atom is -0.384 e. The molecule has 0 aromatic heterocycles. The van der Waals surface area contributed by atoms with Crippen molar-refractivity contribution in [1.29, 1.82) is 5.41 Å². The Morgan fingerprint density at radius 2 is 1.76 bits per heavy atom. The fourth-order valence-corrected chi connectivity index (χ4v) is 3.93. The second-order valence-corrected chi connectivity index (χ2v) is 8.08. The summed E-state index contributed by atoms with van der Waals surface area (Å²) in [5.41, 5.74) is 5.91. The predicted octanol–water partition coefficient (Wildman–Crippen LogP) is 1.33. The summed E-state index contributed by atoms with van der Waals surface area (Å²) in [7, 11) is -3.28. The van der Waals surface area contributed by atoms with E-state index >= 15 is 0 Å². The van der Waals surface area contributed by atoms with Crippen LogP contribution in [0.25, 0.3) is 0 Å². The lowest BCUT2D eigenvalue weighted by Crippen LogP contribution is -2.27. The van der Waals surface area contributed by atoms with Crippen LogP contribution < -0.4 is 5.73 Å². The van der Waals surface area contributed by atoms with Crippen molar-refractivity contribution in [3.8, 4) is 0 Å². The number of amidine groups is 1. The molecule has 1 aliphatic rings. The van der Waals surface area contributed by atoms with Crippen molar-refractivity contribution in [2.24, 2.45) is 17.6 Å². The number of sulfone groups is 1. The second kappa shape index (κ2) is 6.15. The zero-order valence-electron chi connectivity index (χ0n) is 12.5. The third kappa shape index (κ3) is 3.83. The van der Waals surface area contributed by atoms with Crippen LogP contribution in [0.2, 0.25) is 0 Å². The average molecular weight is 309 g/mol. The minimum atomic E-state index is -3.28. The normalized spacial score (nSPS) is 23.3. The summed E-state index contributed by atoms with van der Waals surface area (Å²) in [5.74, 6) is 1.33. The van der Waals surface area contributed by atoms with Crippen LogP contribution in [0.4, 0.5) is 0 Å². The molecule has 0 aliphatic carbocycles. The fraction of sp³-hybridized carbons (Fsp3) is 0.533. The third-order valence-corrected chi connectivity index (χ3v) is 5.97. The van der Waals surface area contributed by atoms with Gasteiger partial charge >= 0.3 is 0 Å². The van der Waals surface area contributed by atoms with Gasteiger partial charge in [-0.2, -0.15) is 0 Å². The topological polar surface area (TPSA) is 87.2 Å². The molecule has 1 fully saturated rings. The number of hydrogen-bond donors (Lipinski definition) is 2. The largest absolute Gasteiger partial charge is 0.384 e. The molecule has 6 heteroatoms. The highest BCUT2D eigenvalue weighted by Gasteiger charge is 2.27. The van der Waals surface area contributed by atoms with E-state index in [-0.39, 0.29) is 11.6 Å². The van der Waals surface area contributed by atoms with E-state index in [0.717, 1.165) is 13.1 Å². The number of nitrogens with zero attached hydrogens (tertiary/aromatic N) is 1. The quantitative estimate of drug-likeness (QED) is 0.634. The van der Waals surface area contributed by atoms with Gasteiger partial charge in [-0.3, -0.25) is 5.41 Å². The maximum Gasteiger partial charge on any atom is 0.179 e. The van der Waals surface area contributed by atoms with Gasteiger partial charge in [0.15, 0.2) is 9.84 Å². The van der Waals surface area contributed by atoms with Crippen LogP contribution in [0.15, 0.2) is 29.2 Å². The summed E-state index contributed by atoms with van der Waals surface area (Å²) < 4.78 is 24.6. The first-order chi connectivity index (χ1) is 9.79. The Hall–Kier alpha value is -1.40. The zero-order valence-corrected chi connectivity index (χ0v) is 13.4. The molecule has 1 aliphatic heterocycles. The molecule has 1 aromatic rings. The molecule has 0 saturated carbocycles.